The molecule has 0 saturated heterocycles. The second-order valence-corrected chi connectivity index (χ2v) is 4.68. The molecule has 1 unspecified atom stereocenters. The molecule has 2 heteroatoms. The summed E-state index contributed by atoms with van der Waals surface area (Å²) in [6.45, 7) is 9.16. The van der Waals surface area contributed by atoms with Crippen molar-refractivity contribution >= 4 is 0 Å². The Morgan fingerprint density at radius 2 is 1.92 bits per heavy atom. The fourth-order valence-electron chi connectivity index (χ4n) is 1.31. The van der Waals surface area contributed by atoms with Gasteiger partial charge in [-0.1, -0.05) is 13.3 Å². The van der Waals surface area contributed by atoms with Crippen LogP contribution in [0.15, 0.2) is 0 Å². The van der Waals surface area contributed by atoms with E-state index in [1.807, 2.05) is 13.8 Å². The van der Waals surface area contributed by atoms with Gasteiger partial charge in [-0.25, -0.2) is 0 Å². The smallest absolute Gasteiger partial charge is 0.0603 e. The highest BCUT2D eigenvalue weighted by atomic mass is 16.3. The van der Waals surface area contributed by atoms with Crippen LogP contribution in [0.5, 0.6) is 0 Å². The highest BCUT2D eigenvalue weighted by molar-refractivity contribution is 4.70. The first-order chi connectivity index (χ1) is 5.87. The predicted octanol–water partition coefficient (Wildman–Crippen LogP) is 2.27. The average Bonchev–Trinajstić information content (AvgIpc) is 1.99. The number of nitrogens with zero attached hydrogens (tertiary/aromatic N) is 1. The zero-order chi connectivity index (χ0) is 10.5. The molecule has 0 spiro atoms. The number of aliphatic hydroxyl groups is 1. The standard InChI is InChI=1S/C11H25NO/c1-6-7-10(2)12(5)9-8-11(3,4)13/h10,13H,6-9H2,1-5H3. The third-order valence-electron chi connectivity index (χ3n) is 2.54. The van der Waals surface area contributed by atoms with Crippen LogP contribution >= 0.6 is 0 Å². The second kappa shape index (κ2) is 5.61. The predicted molar refractivity (Wildman–Crippen MR) is 57.9 cm³/mol. The normalized spacial score (nSPS) is 15.0. The second-order valence-electron chi connectivity index (χ2n) is 4.68. The van der Waals surface area contributed by atoms with Gasteiger partial charge < -0.3 is 10.0 Å². The Morgan fingerprint density at radius 3 is 2.31 bits per heavy atom. The molecule has 0 heterocycles. The van der Waals surface area contributed by atoms with E-state index in [1.165, 1.54) is 12.8 Å². The summed E-state index contributed by atoms with van der Waals surface area (Å²) in [5.41, 5.74) is -0.528. The van der Waals surface area contributed by atoms with Crippen molar-refractivity contribution in [1.82, 2.24) is 4.90 Å². The lowest BCUT2D eigenvalue weighted by molar-refractivity contribution is 0.0560. The summed E-state index contributed by atoms with van der Waals surface area (Å²) in [5.74, 6) is 0. The minimum Gasteiger partial charge on any atom is -0.390 e. The van der Waals surface area contributed by atoms with Crippen molar-refractivity contribution in [2.24, 2.45) is 0 Å². The quantitative estimate of drug-likeness (QED) is 0.689. The molecule has 0 bridgehead atoms. The minimum atomic E-state index is -0.528. The molecule has 0 aromatic rings. The van der Waals surface area contributed by atoms with E-state index in [2.05, 4.69) is 25.8 Å². The maximum absolute atomic E-state index is 9.55. The summed E-state index contributed by atoms with van der Waals surface area (Å²) >= 11 is 0. The highest BCUT2D eigenvalue weighted by Gasteiger charge is 2.15. The van der Waals surface area contributed by atoms with Crippen LogP contribution in [0.4, 0.5) is 0 Å². The third kappa shape index (κ3) is 7.03. The molecule has 0 aliphatic carbocycles. The molecule has 2 nitrogen and oxygen atoms in total. The van der Waals surface area contributed by atoms with Gasteiger partial charge >= 0.3 is 0 Å². The first-order valence-electron chi connectivity index (χ1n) is 5.29. The minimum absolute atomic E-state index is 0.528. The number of rotatable bonds is 6. The Balaban J connectivity index is 3.67. The molecule has 0 rings (SSSR count). The van der Waals surface area contributed by atoms with Gasteiger partial charge in [0.05, 0.1) is 5.60 Å². The summed E-state index contributed by atoms with van der Waals surface area (Å²) < 4.78 is 0. The van der Waals surface area contributed by atoms with Crippen LogP contribution in [0.25, 0.3) is 0 Å². The van der Waals surface area contributed by atoms with E-state index in [0.29, 0.717) is 6.04 Å². The van der Waals surface area contributed by atoms with Crippen molar-refractivity contribution in [3.63, 3.8) is 0 Å². The van der Waals surface area contributed by atoms with Crippen LogP contribution in [0.3, 0.4) is 0 Å². The van der Waals surface area contributed by atoms with Gasteiger partial charge in [0.1, 0.15) is 0 Å². The lowest BCUT2D eigenvalue weighted by Gasteiger charge is -2.27. The molecule has 1 atom stereocenters. The van der Waals surface area contributed by atoms with E-state index in [4.69, 9.17) is 0 Å². The van der Waals surface area contributed by atoms with Crippen molar-refractivity contribution in [3.8, 4) is 0 Å². The van der Waals surface area contributed by atoms with Crippen molar-refractivity contribution in [1.29, 1.82) is 0 Å². The van der Waals surface area contributed by atoms with Crippen LogP contribution < -0.4 is 0 Å². The summed E-state index contributed by atoms with van der Waals surface area (Å²) in [7, 11) is 2.13. The topological polar surface area (TPSA) is 23.5 Å². The molecule has 0 aromatic heterocycles. The molecule has 0 aliphatic rings. The Hall–Kier alpha value is -0.0800. The lowest BCUT2D eigenvalue weighted by atomic mass is 10.0. The van der Waals surface area contributed by atoms with E-state index in [9.17, 15) is 5.11 Å². The van der Waals surface area contributed by atoms with Gasteiger partial charge in [0.15, 0.2) is 0 Å². The summed E-state index contributed by atoms with van der Waals surface area (Å²) in [4.78, 5) is 2.32. The molecule has 80 valence electrons. The van der Waals surface area contributed by atoms with Crippen molar-refractivity contribution in [2.45, 2.75) is 58.6 Å². The zero-order valence-electron chi connectivity index (χ0n) is 9.80. The van der Waals surface area contributed by atoms with Gasteiger partial charge in [0, 0.05) is 12.6 Å². The van der Waals surface area contributed by atoms with E-state index < -0.39 is 5.60 Å². The van der Waals surface area contributed by atoms with Gasteiger partial charge in [-0.15, -0.1) is 0 Å². The molecule has 0 amide bonds. The summed E-state index contributed by atoms with van der Waals surface area (Å²) in [5, 5.41) is 9.55. The largest absolute Gasteiger partial charge is 0.390 e. The SMILES string of the molecule is CCCC(C)N(C)CCC(C)(C)O. The summed E-state index contributed by atoms with van der Waals surface area (Å²) in [6.07, 6.45) is 3.31. The monoisotopic (exact) mass is 187 g/mol. The van der Waals surface area contributed by atoms with E-state index in [1.54, 1.807) is 0 Å². The fraction of sp³-hybridized carbons (Fsp3) is 1.00. The van der Waals surface area contributed by atoms with E-state index in [-0.39, 0.29) is 0 Å². The lowest BCUT2D eigenvalue weighted by Crippen LogP contribution is -2.34. The zero-order valence-corrected chi connectivity index (χ0v) is 9.80. The van der Waals surface area contributed by atoms with Gasteiger partial charge in [-0.2, -0.15) is 0 Å². The van der Waals surface area contributed by atoms with Crippen LogP contribution in [-0.2, 0) is 0 Å². The Morgan fingerprint density at radius 1 is 1.38 bits per heavy atom. The van der Waals surface area contributed by atoms with Crippen LogP contribution in [0.2, 0.25) is 0 Å². The molecule has 0 saturated carbocycles. The maximum atomic E-state index is 9.55. The Kier molecular flexibility index (Phi) is 5.57. The van der Waals surface area contributed by atoms with Crippen molar-refractivity contribution in [3.05, 3.63) is 0 Å². The van der Waals surface area contributed by atoms with Crippen LogP contribution in [0.1, 0.15) is 47.0 Å². The summed E-state index contributed by atoms with van der Waals surface area (Å²) in [6, 6.07) is 0.632. The molecule has 0 radical (unpaired) electrons. The van der Waals surface area contributed by atoms with Crippen LogP contribution in [0, 0.1) is 0 Å². The maximum Gasteiger partial charge on any atom is 0.0603 e. The number of hydrogen-bond acceptors (Lipinski definition) is 2. The molecular formula is C11H25NO. The molecule has 1 N–H and O–H groups in total. The van der Waals surface area contributed by atoms with Crippen LogP contribution in [-0.4, -0.2) is 35.2 Å². The number of hydrogen-bond donors (Lipinski definition) is 1. The van der Waals surface area contributed by atoms with Gasteiger partial charge in [0.2, 0.25) is 0 Å². The molecule has 13 heavy (non-hydrogen) atoms. The van der Waals surface area contributed by atoms with E-state index >= 15 is 0 Å². The molecule has 0 aromatic carbocycles. The fourth-order valence-corrected chi connectivity index (χ4v) is 1.31. The van der Waals surface area contributed by atoms with Gasteiger partial charge in [-0.3, -0.25) is 0 Å². The Labute approximate surface area is 82.9 Å². The van der Waals surface area contributed by atoms with Crippen molar-refractivity contribution in [2.75, 3.05) is 13.6 Å². The van der Waals surface area contributed by atoms with Gasteiger partial charge in [-0.05, 0) is 40.7 Å². The Bertz CT molecular complexity index is 129. The molecular weight excluding hydrogens is 162 g/mol. The van der Waals surface area contributed by atoms with E-state index in [0.717, 1.165) is 13.0 Å². The average molecular weight is 187 g/mol. The molecule has 0 aliphatic heterocycles. The first-order valence-corrected chi connectivity index (χ1v) is 5.29. The third-order valence-corrected chi connectivity index (χ3v) is 2.54. The van der Waals surface area contributed by atoms with Gasteiger partial charge in [0.25, 0.3) is 0 Å². The first kappa shape index (κ1) is 12.9. The highest BCUT2D eigenvalue weighted by Crippen LogP contribution is 2.10. The van der Waals surface area contributed by atoms with Crippen molar-refractivity contribution < 1.29 is 5.11 Å². The molecule has 0 fully saturated rings.